The van der Waals surface area contributed by atoms with E-state index in [9.17, 15) is 4.79 Å². The number of hydrogen-bond acceptors (Lipinski definition) is 3. The van der Waals surface area contributed by atoms with Crippen molar-refractivity contribution in [3.63, 3.8) is 0 Å². The number of carbonyl (C=O) groups excluding carboxylic acids is 1. The van der Waals surface area contributed by atoms with E-state index in [1.54, 1.807) is 12.3 Å². The van der Waals surface area contributed by atoms with Gasteiger partial charge in [-0.3, -0.25) is 4.79 Å². The van der Waals surface area contributed by atoms with E-state index in [1.165, 1.54) is 0 Å². The van der Waals surface area contributed by atoms with Crippen LogP contribution in [0.25, 0.3) is 0 Å². The van der Waals surface area contributed by atoms with Crippen LogP contribution in [-0.4, -0.2) is 14.6 Å². The van der Waals surface area contributed by atoms with Crippen LogP contribution < -0.4 is 0 Å². The van der Waals surface area contributed by atoms with Gasteiger partial charge in [-0.2, -0.15) is 0 Å². The molecule has 0 saturated carbocycles. The van der Waals surface area contributed by atoms with Crippen LogP contribution in [0.1, 0.15) is 48.6 Å². The third-order valence-corrected chi connectivity index (χ3v) is 9.10. The molecular formula is C18H23ClO3Si. The van der Waals surface area contributed by atoms with Gasteiger partial charge in [-0.05, 0) is 41.9 Å². The van der Waals surface area contributed by atoms with E-state index in [1.807, 2.05) is 24.3 Å². The lowest BCUT2D eigenvalue weighted by Gasteiger charge is -2.39. The highest BCUT2D eigenvalue weighted by molar-refractivity contribution is 6.74. The Bertz CT molecular complexity index is 686. The fraction of sp³-hybridized carbons (Fsp3) is 0.389. The Hall–Kier alpha value is -1.36. The van der Waals surface area contributed by atoms with Crippen molar-refractivity contribution in [3.05, 3.63) is 58.5 Å². The van der Waals surface area contributed by atoms with Gasteiger partial charge in [-0.15, -0.1) is 0 Å². The third-order valence-electron chi connectivity index (χ3n) is 4.43. The number of benzene rings is 1. The molecule has 0 aliphatic heterocycles. The maximum absolute atomic E-state index is 10.9. The Morgan fingerprint density at radius 3 is 2.43 bits per heavy atom. The van der Waals surface area contributed by atoms with Gasteiger partial charge in [0.1, 0.15) is 0 Å². The van der Waals surface area contributed by atoms with Crippen LogP contribution in [0.2, 0.25) is 23.2 Å². The summed E-state index contributed by atoms with van der Waals surface area (Å²) in [7, 11) is -2.02. The Labute approximate surface area is 143 Å². The molecule has 5 heteroatoms. The first-order valence-electron chi connectivity index (χ1n) is 7.61. The second kappa shape index (κ2) is 6.63. The van der Waals surface area contributed by atoms with Gasteiger partial charge in [0.05, 0.1) is 12.4 Å². The van der Waals surface area contributed by atoms with Crippen molar-refractivity contribution < 1.29 is 13.6 Å². The average molecular weight is 351 g/mol. The highest BCUT2D eigenvalue weighted by atomic mass is 35.5. The molecule has 0 fully saturated rings. The number of hydrogen-bond donors (Lipinski definition) is 0. The van der Waals surface area contributed by atoms with Gasteiger partial charge in [0.2, 0.25) is 0 Å². The number of aldehydes is 1. The molecule has 124 valence electrons. The minimum atomic E-state index is -2.02. The molecule has 0 radical (unpaired) electrons. The summed E-state index contributed by atoms with van der Waals surface area (Å²) < 4.78 is 11.9. The molecule has 1 heterocycles. The van der Waals surface area contributed by atoms with Gasteiger partial charge < -0.3 is 8.84 Å². The minimum absolute atomic E-state index is 0.0705. The second-order valence-corrected chi connectivity index (χ2v) is 12.4. The molecular weight excluding hydrogens is 328 g/mol. The highest BCUT2D eigenvalue weighted by Crippen LogP contribution is 2.42. The largest absolute Gasteiger partial charge is 0.461 e. The molecule has 2 aromatic rings. The zero-order valence-corrected chi connectivity index (χ0v) is 16.0. The Kier molecular flexibility index (Phi) is 5.19. The summed E-state index contributed by atoms with van der Waals surface area (Å²) in [6, 6.07) is 9.34. The Balaban J connectivity index is 2.45. The monoisotopic (exact) mass is 350 g/mol. The van der Waals surface area contributed by atoms with Crippen LogP contribution in [0.15, 0.2) is 41.0 Å². The number of rotatable bonds is 5. The summed E-state index contributed by atoms with van der Waals surface area (Å²) in [5.74, 6) is 0.297. The Morgan fingerprint density at radius 1 is 1.22 bits per heavy atom. The SMILES string of the molecule is CC(C)(C)[Si](C)(C)OC(c1cccc(Cl)c1)c1coc(C=O)c1. The molecule has 23 heavy (non-hydrogen) atoms. The van der Waals surface area contributed by atoms with Gasteiger partial charge in [-0.25, -0.2) is 0 Å². The van der Waals surface area contributed by atoms with Gasteiger partial charge >= 0.3 is 0 Å². The number of carbonyl (C=O) groups is 1. The van der Waals surface area contributed by atoms with Gasteiger partial charge in [0.25, 0.3) is 0 Å². The van der Waals surface area contributed by atoms with Crippen molar-refractivity contribution in [2.24, 2.45) is 0 Å². The first-order chi connectivity index (χ1) is 10.6. The molecule has 3 nitrogen and oxygen atoms in total. The lowest BCUT2D eigenvalue weighted by atomic mass is 10.0. The van der Waals surface area contributed by atoms with Crippen LogP contribution in [0, 0.1) is 0 Å². The fourth-order valence-electron chi connectivity index (χ4n) is 2.04. The van der Waals surface area contributed by atoms with Crippen LogP contribution in [0.5, 0.6) is 0 Å². The molecule has 0 spiro atoms. The average Bonchev–Trinajstić information content (AvgIpc) is 2.92. The lowest BCUT2D eigenvalue weighted by Crippen LogP contribution is -2.42. The number of halogens is 1. The van der Waals surface area contributed by atoms with Gasteiger partial charge in [-0.1, -0.05) is 44.5 Å². The molecule has 2 rings (SSSR count). The molecule has 1 aromatic heterocycles. The van der Waals surface area contributed by atoms with E-state index in [0.717, 1.165) is 11.1 Å². The zero-order valence-electron chi connectivity index (χ0n) is 14.2. The summed E-state index contributed by atoms with van der Waals surface area (Å²) in [5, 5.41) is 0.728. The summed E-state index contributed by atoms with van der Waals surface area (Å²) in [6.07, 6.45) is 1.99. The van der Waals surface area contributed by atoms with Crippen LogP contribution >= 0.6 is 11.6 Å². The van der Waals surface area contributed by atoms with Crippen molar-refractivity contribution in [2.75, 3.05) is 0 Å². The summed E-state index contributed by atoms with van der Waals surface area (Å²) in [5.41, 5.74) is 1.79. The molecule has 1 atom stereocenters. The second-order valence-electron chi connectivity index (χ2n) is 7.21. The topological polar surface area (TPSA) is 39.4 Å². The molecule has 0 bridgehead atoms. The first-order valence-corrected chi connectivity index (χ1v) is 10.9. The van der Waals surface area contributed by atoms with Crippen molar-refractivity contribution in [1.82, 2.24) is 0 Å². The van der Waals surface area contributed by atoms with Crippen LogP contribution in [0.4, 0.5) is 0 Å². The summed E-state index contributed by atoms with van der Waals surface area (Å²) >= 11 is 6.15. The van der Waals surface area contributed by atoms with Gasteiger partial charge in [0, 0.05) is 10.6 Å². The Morgan fingerprint density at radius 2 is 1.91 bits per heavy atom. The van der Waals surface area contributed by atoms with Crippen molar-refractivity contribution in [1.29, 1.82) is 0 Å². The van der Waals surface area contributed by atoms with E-state index in [0.29, 0.717) is 17.1 Å². The molecule has 0 aliphatic rings. The molecule has 0 saturated heterocycles. The predicted octanol–water partition coefficient (Wildman–Crippen LogP) is 5.86. The van der Waals surface area contributed by atoms with Gasteiger partial charge in [0.15, 0.2) is 20.4 Å². The standard InChI is InChI=1S/C18H23ClO3Si/c1-18(2,3)23(4,5)22-17(13-7-6-8-15(19)9-13)14-10-16(11-20)21-12-14/h6-12,17H,1-5H3. The molecule has 0 aliphatic carbocycles. The van der Waals surface area contributed by atoms with Crippen molar-refractivity contribution >= 4 is 26.2 Å². The van der Waals surface area contributed by atoms with Crippen LogP contribution in [-0.2, 0) is 4.43 Å². The smallest absolute Gasteiger partial charge is 0.193 e. The van der Waals surface area contributed by atoms with E-state index < -0.39 is 8.32 Å². The molecule has 0 amide bonds. The quantitative estimate of drug-likeness (QED) is 0.501. The van der Waals surface area contributed by atoms with Crippen LogP contribution in [0.3, 0.4) is 0 Å². The zero-order chi connectivity index (χ0) is 17.3. The van der Waals surface area contributed by atoms with Crippen molar-refractivity contribution in [2.45, 2.75) is 45.0 Å². The minimum Gasteiger partial charge on any atom is -0.461 e. The maximum atomic E-state index is 10.9. The summed E-state index contributed by atoms with van der Waals surface area (Å²) in [6.45, 7) is 11.0. The van der Waals surface area contributed by atoms with E-state index >= 15 is 0 Å². The normalized spacial score (nSPS) is 13.8. The predicted molar refractivity (Wildman–Crippen MR) is 95.7 cm³/mol. The van der Waals surface area contributed by atoms with E-state index in [4.69, 9.17) is 20.4 Å². The number of furan rings is 1. The molecule has 1 aromatic carbocycles. The van der Waals surface area contributed by atoms with E-state index in [-0.39, 0.29) is 11.1 Å². The molecule has 1 unspecified atom stereocenters. The first kappa shape index (κ1) is 18.0. The fourth-order valence-corrected chi connectivity index (χ4v) is 3.45. The van der Waals surface area contributed by atoms with Crippen molar-refractivity contribution in [3.8, 4) is 0 Å². The third kappa shape index (κ3) is 4.13. The lowest BCUT2D eigenvalue weighted by molar-refractivity contribution is 0.110. The molecule has 0 N–H and O–H groups in total. The van der Waals surface area contributed by atoms with E-state index in [2.05, 4.69) is 33.9 Å². The highest BCUT2D eigenvalue weighted by Gasteiger charge is 2.40. The summed E-state index contributed by atoms with van der Waals surface area (Å²) in [4.78, 5) is 10.9. The maximum Gasteiger partial charge on any atom is 0.193 e.